The number of amides is 2. The van der Waals surface area contributed by atoms with E-state index in [1.807, 2.05) is 29.2 Å². The molecular formula is C23H24FN3O2S. The normalized spacial score (nSPS) is 16.2. The Bertz CT molecular complexity index is 1000. The van der Waals surface area contributed by atoms with E-state index in [0.717, 1.165) is 33.6 Å². The molecule has 0 aliphatic carbocycles. The predicted octanol–water partition coefficient (Wildman–Crippen LogP) is 4.24. The molecule has 1 saturated heterocycles. The molecule has 156 valence electrons. The molecule has 1 unspecified atom stereocenters. The molecule has 30 heavy (non-hydrogen) atoms. The van der Waals surface area contributed by atoms with E-state index in [1.165, 1.54) is 12.1 Å². The first-order valence-electron chi connectivity index (χ1n) is 10.3. The van der Waals surface area contributed by atoms with Gasteiger partial charge in [-0.2, -0.15) is 0 Å². The number of likely N-dealkylation sites (tertiary alicyclic amines) is 1. The topological polar surface area (TPSA) is 62.3 Å². The monoisotopic (exact) mass is 425 g/mol. The van der Waals surface area contributed by atoms with Gasteiger partial charge in [-0.1, -0.05) is 24.3 Å². The number of halogens is 1. The molecule has 1 fully saturated rings. The standard InChI is InChI=1S/C23H24FN3O2S/c24-17-9-7-16(8-10-17)13-14-25-21(28)11-12-22(29)27-15-3-5-19(27)23-26-18-4-1-2-6-20(18)30-23/h1-2,4,6-10,19H,3,5,11-15H2,(H,25,28). The molecule has 3 aromatic rings. The fourth-order valence-electron chi connectivity index (χ4n) is 3.80. The van der Waals surface area contributed by atoms with Crippen LogP contribution in [0.3, 0.4) is 0 Å². The van der Waals surface area contributed by atoms with Crippen LogP contribution in [-0.2, 0) is 16.0 Å². The third kappa shape index (κ3) is 4.84. The Balaban J connectivity index is 1.26. The van der Waals surface area contributed by atoms with Gasteiger partial charge in [0, 0.05) is 25.9 Å². The lowest BCUT2D eigenvalue weighted by Crippen LogP contribution is -2.32. The Kier molecular flexibility index (Phi) is 6.38. The van der Waals surface area contributed by atoms with E-state index in [0.29, 0.717) is 19.5 Å². The summed E-state index contributed by atoms with van der Waals surface area (Å²) >= 11 is 1.64. The van der Waals surface area contributed by atoms with Crippen molar-refractivity contribution in [3.8, 4) is 0 Å². The van der Waals surface area contributed by atoms with Gasteiger partial charge >= 0.3 is 0 Å². The van der Waals surface area contributed by atoms with Crippen molar-refractivity contribution in [2.24, 2.45) is 0 Å². The van der Waals surface area contributed by atoms with Gasteiger partial charge in [0.2, 0.25) is 11.8 Å². The van der Waals surface area contributed by atoms with Crippen molar-refractivity contribution in [2.45, 2.75) is 38.1 Å². The Morgan fingerprint density at radius 3 is 2.73 bits per heavy atom. The second kappa shape index (κ2) is 9.34. The smallest absolute Gasteiger partial charge is 0.223 e. The number of nitrogens with zero attached hydrogens (tertiary/aromatic N) is 2. The summed E-state index contributed by atoms with van der Waals surface area (Å²) in [6.45, 7) is 1.18. The van der Waals surface area contributed by atoms with E-state index in [9.17, 15) is 14.0 Å². The van der Waals surface area contributed by atoms with E-state index in [2.05, 4.69) is 5.32 Å². The summed E-state index contributed by atoms with van der Waals surface area (Å²) in [6.07, 6.45) is 2.87. The molecule has 4 rings (SSSR count). The van der Waals surface area contributed by atoms with Crippen LogP contribution in [0.4, 0.5) is 4.39 Å². The van der Waals surface area contributed by atoms with Crippen LogP contribution in [0.15, 0.2) is 48.5 Å². The van der Waals surface area contributed by atoms with Gasteiger partial charge in [0.25, 0.3) is 0 Å². The summed E-state index contributed by atoms with van der Waals surface area (Å²) in [5.74, 6) is -0.404. The highest BCUT2D eigenvalue weighted by Crippen LogP contribution is 2.36. The van der Waals surface area contributed by atoms with Gasteiger partial charge in [-0.05, 0) is 49.1 Å². The lowest BCUT2D eigenvalue weighted by Gasteiger charge is -2.23. The fourth-order valence-corrected chi connectivity index (χ4v) is 4.92. The lowest BCUT2D eigenvalue weighted by molar-refractivity contribution is -0.134. The van der Waals surface area contributed by atoms with Crippen LogP contribution in [0.1, 0.15) is 42.3 Å². The molecule has 1 atom stereocenters. The number of rotatable bonds is 7. The third-order valence-corrected chi connectivity index (χ3v) is 6.52. The number of benzene rings is 2. The van der Waals surface area contributed by atoms with Crippen LogP contribution in [-0.4, -0.2) is 34.8 Å². The number of para-hydroxylation sites is 1. The predicted molar refractivity (Wildman–Crippen MR) is 116 cm³/mol. The lowest BCUT2D eigenvalue weighted by atomic mass is 10.1. The van der Waals surface area contributed by atoms with Crippen molar-refractivity contribution >= 4 is 33.4 Å². The number of carbonyl (C=O) groups excluding carboxylic acids is 2. The number of thiazole rings is 1. The zero-order chi connectivity index (χ0) is 20.9. The summed E-state index contributed by atoms with van der Waals surface area (Å²) < 4.78 is 14.1. The summed E-state index contributed by atoms with van der Waals surface area (Å²) in [5.41, 5.74) is 1.93. The maximum atomic E-state index is 12.9. The van der Waals surface area contributed by atoms with Crippen molar-refractivity contribution in [2.75, 3.05) is 13.1 Å². The molecule has 1 N–H and O–H groups in total. The second-order valence-electron chi connectivity index (χ2n) is 7.49. The Morgan fingerprint density at radius 2 is 1.93 bits per heavy atom. The molecule has 7 heteroatoms. The number of aromatic nitrogens is 1. The number of carbonyl (C=O) groups is 2. The highest BCUT2D eigenvalue weighted by molar-refractivity contribution is 7.18. The van der Waals surface area contributed by atoms with Gasteiger partial charge in [0.1, 0.15) is 10.8 Å². The third-order valence-electron chi connectivity index (χ3n) is 5.38. The van der Waals surface area contributed by atoms with Crippen LogP contribution in [0.2, 0.25) is 0 Å². The maximum Gasteiger partial charge on any atom is 0.223 e. The van der Waals surface area contributed by atoms with E-state index in [1.54, 1.807) is 23.5 Å². The molecule has 0 saturated carbocycles. The van der Waals surface area contributed by atoms with Crippen molar-refractivity contribution in [3.63, 3.8) is 0 Å². The van der Waals surface area contributed by atoms with Crippen LogP contribution in [0.25, 0.3) is 10.2 Å². The van der Waals surface area contributed by atoms with Crippen molar-refractivity contribution in [1.29, 1.82) is 0 Å². The molecule has 2 amide bonds. The minimum Gasteiger partial charge on any atom is -0.356 e. The van der Waals surface area contributed by atoms with Gasteiger partial charge in [-0.3, -0.25) is 9.59 Å². The summed E-state index contributed by atoms with van der Waals surface area (Å²) in [6, 6.07) is 14.3. The molecule has 5 nitrogen and oxygen atoms in total. The molecule has 0 radical (unpaired) electrons. The first-order chi connectivity index (χ1) is 14.6. The maximum absolute atomic E-state index is 12.9. The van der Waals surface area contributed by atoms with E-state index in [-0.39, 0.29) is 36.5 Å². The average Bonchev–Trinajstić information content (AvgIpc) is 3.40. The zero-order valence-electron chi connectivity index (χ0n) is 16.6. The Morgan fingerprint density at radius 1 is 1.13 bits per heavy atom. The molecule has 1 aliphatic heterocycles. The number of fused-ring (bicyclic) bond motifs is 1. The molecule has 2 aromatic carbocycles. The van der Waals surface area contributed by atoms with E-state index >= 15 is 0 Å². The second-order valence-corrected chi connectivity index (χ2v) is 8.55. The SMILES string of the molecule is O=C(CCC(=O)N1CCCC1c1nc2ccccc2s1)NCCc1ccc(F)cc1. The van der Waals surface area contributed by atoms with Crippen LogP contribution in [0.5, 0.6) is 0 Å². The Labute approximate surface area is 178 Å². The van der Waals surface area contributed by atoms with E-state index < -0.39 is 0 Å². The fraction of sp³-hybridized carbons (Fsp3) is 0.348. The van der Waals surface area contributed by atoms with Crippen molar-refractivity contribution in [1.82, 2.24) is 15.2 Å². The van der Waals surface area contributed by atoms with Gasteiger partial charge in [-0.25, -0.2) is 9.37 Å². The quantitative estimate of drug-likeness (QED) is 0.616. The zero-order valence-corrected chi connectivity index (χ0v) is 17.5. The molecule has 0 bridgehead atoms. The van der Waals surface area contributed by atoms with E-state index in [4.69, 9.17) is 4.98 Å². The number of hydrogen-bond donors (Lipinski definition) is 1. The van der Waals surface area contributed by atoms with Crippen LogP contribution >= 0.6 is 11.3 Å². The summed E-state index contributed by atoms with van der Waals surface area (Å²) in [4.78, 5) is 31.5. The van der Waals surface area contributed by atoms with Gasteiger partial charge in [0.05, 0.1) is 16.3 Å². The number of hydrogen-bond acceptors (Lipinski definition) is 4. The van der Waals surface area contributed by atoms with Gasteiger partial charge in [-0.15, -0.1) is 11.3 Å². The van der Waals surface area contributed by atoms with Crippen LogP contribution < -0.4 is 5.32 Å². The minimum absolute atomic E-state index is 0.00504. The van der Waals surface area contributed by atoms with Gasteiger partial charge in [0.15, 0.2) is 0 Å². The van der Waals surface area contributed by atoms with Crippen LogP contribution in [0, 0.1) is 5.82 Å². The average molecular weight is 426 g/mol. The molecular weight excluding hydrogens is 401 g/mol. The van der Waals surface area contributed by atoms with Crippen molar-refractivity contribution in [3.05, 3.63) is 64.9 Å². The molecule has 0 spiro atoms. The highest BCUT2D eigenvalue weighted by atomic mass is 32.1. The first kappa shape index (κ1) is 20.5. The first-order valence-corrected chi connectivity index (χ1v) is 11.1. The Hall–Kier alpha value is -2.80. The molecule has 1 aliphatic rings. The summed E-state index contributed by atoms with van der Waals surface area (Å²) in [5, 5.41) is 3.82. The van der Waals surface area contributed by atoms with Gasteiger partial charge < -0.3 is 10.2 Å². The highest BCUT2D eigenvalue weighted by Gasteiger charge is 2.32. The minimum atomic E-state index is -0.271. The molecule has 1 aromatic heterocycles. The largest absolute Gasteiger partial charge is 0.356 e. The molecule has 2 heterocycles. The summed E-state index contributed by atoms with van der Waals surface area (Å²) in [7, 11) is 0. The van der Waals surface area contributed by atoms with Crippen molar-refractivity contribution < 1.29 is 14.0 Å². The number of nitrogens with one attached hydrogen (secondary N) is 1.